The summed E-state index contributed by atoms with van der Waals surface area (Å²) in [6.07, 6.45) is -0.914. The van der Waals surface area contributed by atoms with Gasteiger partial charge in [0.2, 0.25) is 0 Å². The Labute approximate surface area is 117 Å². The lowest BCUT2D eigenvalue weighted by Gasteiger charge is -2.14. The van der Waals surface area contributed by atoms with E-state index in [4.69, 9.17) is 0 Å². The van der Waals surface area contributed by atoms with Crippen LogP contribution in [0.15, 0.2) is 42.5 Å². The first-order chi connectivity index (χ1) is 9.59. The van der Waals surface area contributed by atoms with Gasteiger partial charge in [0, 0.05) is 24.2 Å². The number of para-hydroxylation sites is 1. The zero-order valence-electron chi connectivity index (χ0n) is 11.3. The SMILES string of the molecule is Cc1cccc(CNCC(O)c2ccccc2F)c1O. The van der Waals surface area contributed by atoms with Crippen LogP contribution >= 0.6 is 0 Å². The smallest absolute Gasteiger partial charge is 0.129 e. The minimum Gasteiger partial charge on any atom is -0.507 e. The van der Waals surface area contributed by atoms with Crippen molar-refractivity contribution in [2.75, 3.05) is 6.54 Å². The van der Waals surface area contributed by atoms with Crippen LogP contribution in [0.3, 0.4) is 0 Å². The Hall–Kier alpha value is -1.91. The molecule has 0 aliphatic carbocycles. The molecule has 0 aromatic heterocycles. The number of rotatable bonds is 5. The molecule has 0 radical (unpaired) electrons. The summed E-state index contributed by atoms with van der Waals surface area (Å²) < 4.78 is 13.5. The number of halogens is 1. The van der Waals surface area contributed by atoms with Gasteiger partial charge in [-0.25, -0.2) is 4.39 Å². The van der Waals surface area contributed by atoms with Gasteiger partial charge in [0.25, 0.3) is 0 Å². The standard InChI is InChI=1S/C16H18FNO2/c1-11-5-4-6-12(16(11)20)9-18-10-15(19)13-7-2-3-8-14(13)17/h2-8,15,18-20H,9-10H2,1H3. The van der Waals surface area contributed by atoms with Crippen LogP contribution in [0.5, 0.6) is 5.75 Å². The van der Waals surface area contributed by atoms with E-state index >= 15 is 0 Å². The predicted molar refractivity (Wildman–Crippen MR) is 75.9 cm³/mol. The second-order valence-corrected chi connectivity index (χ2v) is 4.75. The van der Waals surface area contributed by atoms with Crippen LogP contribution in [0.1, 0.15) is 22.8 Å². The molecule has 2 aromatic rings. The van der Waals surface area contributed by atoms with Crippen molar-refractivity contribution in [3.05, 3.63) is 65.0 Å². The summed E-state index contributed by atoms with van der Waals surface area (Å²) in [5.41, 5.74) is 1.83. The highest BCUT2D eigenvalue weighted by atomic mass is 19.1. The molecule has 0 saturated carbocycles. The van der Waals surface area contributed by atoms with Gasteiger partial charge in [0.1, 0.15) is 11.6 Å². The molecule has 1 atom stereocenters. The molecule has 2 aromatic carbocycles. The van der Waals surface area contributed by atoms with Crippen LogP contribution in [-0.2, 0) is 6.54 Å². The Morgan fingerprint density at radius 1 is 1.15 bits per heavy atom. The fourth-order valence-corrected chi connectivity index (χ4v) is 2.06. The molecule has 3 nitrogen and oxygen atoms in total. The predicted octanol–water partition coefficient (Wildman–Crippen LogP) is 2.66. The minimum atomic E-state index is -0.914. The van der Waals surface area contributed by atoms with Crippen LogP contribution in [0.4, 0.5) is 4.39 Å². The lowest BCUT2D eigenvalue weighted by molar-refractivity contribution is 0.169. The molecule has 4 heteroatoms. The van der Waals surface area contributed by atoms with Gasteiger partial charge in [-0.15, -0.1) is 0 Å². The summed E-state index contributed by atoms with van der Waals surface area (Å²) in [5.74, 6) is -0.166. The van der Waals surface area contributed by atoms with Crippen LogP contribution in [0.25, 0.3) is 0 Å². The molecule has 0 aliphatic rings. The number of hydrogen-bond acceptors (Lipinski definition) is 3. The van der Waals surface area contributed by atoms with Crippen molar-refractivity contribution in [2.45, 2.75) is 19.6 Å². The quantitative estimate of drug-likeness (QED) is 0.786. The average molecular weight is 275 g/mol. The molecule has 2 rings (SSSR count). The van der Waals surface area contributed by atoms with Crippen molar-refractivity contribution in [2.24, 2.45) is 0 Å². The maximum Gasteiger partial charge on any atom is 0.129 e. The molecule has 0 saturated heterocycles. The molecule has 0 aliphatic heterocycles. The van der Waals surface area contributed by atoms with E-state index in [-0.39, 0.29) is 17.9 Å². The van der Waals surface area contributed by atoms with Gasteiger partial charge >= 0.3 is 0 Å². The topological polar surface area (TPSA) is 52.5 Å². The molecule has 0 heterocycles. The lowest BCUT2D eigenvalue weighted by Crippen LogP contribution is -2.21. The van der Waals surface area contributed by atoms with Crippen LogP contribution < -0.4 is 5.32 Å². The molecule has 1 unspecified atom stereocenters. The summed E-state index contributed by atoms with van der Waals surface area (Å²) in [6, 6.07) is 11.7. The second-order valence-electron chi connectivity index (χ2n) is 4.75. The van der Waals surface area contributed by atoms with Crippen molar-refractivity contribution >= 4 is 0 Å². The Balaban J connectivity index is 1.93. The summed E-state index contributed by atoms with van der Waals surface area (Å²) in [6.45, 7) is 2.46. The van der Waals surface area contributed by atoms with Crippen LogP contribution in [-0.4, -0.2) is 16.8 Å². The Morgan fingerprint density at radius 3 is 2.65 bits per heavy atom. The maximum absolute atomic E-state index is 13.5. The number of aliphatic hydroxyl groups is 1. The van der Waals surface area contributed by atoms with Gasteiger partial charge in [-0.2, -0.15) is 0 Å². The first-order valence-electron chi connectivity index (χ1n) is 6.50. The first-order valence-corrected chi connectivity index (χ1v) is 6.50. The summed E-state index contributed by atoms with van der Waals surface area (Å²) in [7, 11) is 0. The average Bonchev–Trinajstić information content (AvgIpc) is 2.44. The van der Waals surface area contributed by atoms with Crippen LogP contribution in [0.2, 0.25) is 0 Å². The summed E-state index contributed by atoms with van der Waals surface area (Å²) in [5, 5.41) is 22.8. The monoisotopic (exact) mass is 275 g/mol. The van der Waals surface area contributed by atoms with E-state index in [1.807, 2.05) is 25.1 Å². The van der Waals surface area contributed by atoms with E-state index in [1.54, 1.807) is 18.2 Å². The molecular formula is C16H18FNO2. The highest BCUT2D eigenvalue weighted by Gasteiger charge is 2.12. The highest BCUT2D eigenvalue weighted by molar-refractivity contribution is 5.39. The zero-order valence-corrected chi connectivity index (χ0v) is 11.3. The Kier molecular flexibility index (Phi) is 4.71. The fraction of sp³-hybridized carbons (Fsp3) is 0.250. The van der Waals surface area contributed by atoms with Gasteiger partial charge < -0.3 is 15.5 Å². The van der Waals surface area contributed by atoms with Crippen molar-refractivity contribution in [3.8, 4) is 5.75 Å². The highest BCUT2D eigenvalue weighted by Crippen LogP contribution is 2.21. The van der Waals surface area contributed by atoms with E-state index in [9.17, 15) is 14.6 Å². The number of phenols is 1. The van der Waals surface area contributed by atoms with E-state index in [1.165, 1.54) is 6.07 Å². The van der Waals surface area contributed by atoms with E-state index in [0.717, 1.165) is 11.1 Å². The summed E-state index contributed by atoms with van der Waals surface area (Å²) in [4.78, 5) is 0. The van der Waals surface area contributed by atoms with Gasteiger partial charge in [-0.1, -0.05) is 36.4 Å². The number of aliphatic hydroxyl groups excluding tert-OH is 1. The third-order valence-corrected chi connectivity index (χ3v) is 3.24. The Bertz CT molecular complexity index is 586. The van der Waals surface area contributed by atoms with Gasteiger partial charge in [-0.3, -0.25) is 0 Å². The van der Waals surface area contributed by atoms with E-state index in [0.29, 0.717) is 6.54 Å². The van der Waals surface area contributed by atoms with Gasteiger partial charge in [0.05, 0.1) is 6.10 Å². The van der Waals surface area contributed by atoms with E-state index < -0.39 is 11.9 Å². The zero-order chi connectivity index (χ0) is 14.5. The van der Waals surface area contributed by atoms with Crippen molar-refractivity contribution in [1.82, 2.24) is 5.32 Å². The first kappa shape index (κ1) is 14.5. The molecule has 20 heavy (non-hydrogen) atoms. The van der Waals surface area contributed by atoms with Crippen molar-refractivity contribution < 1.29 is 14.6 Å². The lowest BCUT2D eigenvalue weighted by atomic mass is 10.1. The van der Waals surface area contributed by atoms with Crippen molar-refractivity contribution in [1.29, 1.82) is 0 Å². The molecule has 0 spiro atoms. The molecule has 106 valence electrons. The third kappa shape index (κ3) is 3.35. The van der Waals surface area contributed by atoms with E-state index in [2.05, 4.69) is 5.32 Å². The molecule has 0 fully saturated rings. The molecular weight excluding hydrogens is 257 g/mol. The number of benzene rings is 2. The largest absolute Gasteiger partial charge is 0.507 e. The fourth-order valence-electron chi connectivity index (χ4n) is 2.06. The molecule has 0 amide bonds. The molecule has 0 bridgehead atoms. The van der Waals surface area contributed by atoms with Gasteiger partial charge in [0.15, 0.2) is 0 Å². The van der Waals surface area contributed by atoms with Gasteiger partial charge in [-0.05, 0) is 18.6 Å². The molecule has 3 N–H and O–H groups in total. The number of hydrogen-bond donors (Lipinski definition) is 3. The summed E-state index contributed by atoms with van der Waals surface area (Å²) >= 11 is 0. The minimum absolute atomic E-state index is 0.217. The number of nitrogens with one attached hydrogen (secondary N) is 1. The Morgan fingerprint density at radius 2 is 1.90 bits per heavy atom. The third-order valence-electron chi connectivity index (χ3n) is 3.24. The second kappa shape index (κ2) is 6.50. The number of aryl methyl sites for hydroxylation is 1. The maximum atomic E-state index is 13.5. The number of aromatic hydroxyl groups is 1. The number of phenolic OH excluding ortho intramolecular Hbond substituents is 1. The normalized spacial score (nSPS) is 12.3. The van der Waals surface area contributed by atoms with Crippen LogP contribution in [0, 0.1) is 12.7 Å². The van der Waals surface area contributed by atoms with Crippen molar-refractivity contribution in [3.63, 3.8) is 0 Å².